The normalized spacial score (nSPS) is 11.6. The van der Waals surface area contributed by atoms with Crippen molar-refractivity contribution in [2.75, 3.05) is 7.05 Å². The van der Waals surface area contributed by atoms with Crippen molar-refractivity contribution in [3.63, 3.8) is 0 Å². The minimum absolute atomic E-state index is 0.208. The van der Waals surface area contributed by atoms with E-state index in [1.54, 1.807) is 23.5 Å². The number of rotatable bonds is 4. The van der Waals surface area contributed by atoms with Crippen molar-refractivity contribution in [3.05, 3.63) is 45.8 Å². The summed E-state index contributed by atoms with van der Waals surface area (Å²) >= 11 is 1.61. The van der Waals surface area contributed by atoms with E-state index in [4.69, 9.17) is 0 Å². The molecule has 1 aromatic carbocycles. The Morgan fingerprint density at radius 3 is 2.85 bits per heavy atom. The molecular formula is C14H15FN4S. The highest BCUT2D eigenvalue weighted by molar-refractivity contribution is 7.11. The van der Waals surface area contributed by atoms with Crippen LogP contribution in [0.4, 0.5) is 4.39 Å². The first-order valence-corrected chi connectivity index (χ1v) is 7.16. The van der Waals surface area contributed by atoms with Gasteiger partial charge < -0.3 is 4.98 Å². The number of nitrogens with zero attached hydrogens (tertiary/aromatic N) is 3. The van der Waals surface area contributed by atoms with Crippen LogP contribution >= 0.6 is 11.3 Å². The van der Waals surface area contributed by atoms with Crippen LogP contribution in [-0.4, -0.2) is 27.1 Å². The minimum Gasteiger partial charge on any atom is -0.357 e. The molecule has 0 aliphatic rings. The van der Waals surface area contributed by atoms with Crippen molar-refractivity contribution in [2.24, 2.45) is 0 Å². The summed E-state index contributed by atoms with van der Waals surface area (Å²) in [5.41, 5.74) is 2.02. The predicted molar refractivity (Wildman–Crippen MR) is 78.1 cm³/mol. The minimum atomic E-state index is -0.208. The standard InChI is InChI=1S/C14H15FN4S/c1-9-17-18-14(20-9)8-19(2)7-12-6-10-5-11(15)3-4-13(10)16-12/h3-6,16H,7-8H2,1-2H3. The van der Waals surface area contributed by atoms with E-state index in [0.717, 1.165) is 39.7 Å². The second-order valence-corrected chi connectivity index (χ2v) is 6.18. The van der Waals surface area contributed by atoms with E-state index in [9.17, 15) is 4.39 Å². The van der Waals surface area contributed by atoms with Gasteiger partial charge in [-0.15, -0.1) is 21.5 Å². The smallest absolute Gasteiger partial charge is 0.131 e. The summed E-state index contributed by atoms with van der Waals surface area (Å²) in [6, 6.07) is 6.77. The van der Waals surface area contributed by atoms with Crippen molar-refractivity contribution < 1.29 is 4.39 Å². The summed E-state index contributed by atoms with van der Waals surface area (Å²) in [5.74, 6) is -0.208. The number of nitrogens with one attached hydrogen (secondary N) is 1. The van der Waals surface area contributed by atoms with Gasteiger partial charge in [-0.25, -0.2) is 4.39 Å². The average molecular weight is 290 g/mol. The molecule has 0 aliphatic carbocycles. The summed E-state index contributed by atoms with van der Waals surface area (Å²) < 4.78 is 13.2. The second-order valence-electron chi connectivity index (χ2n) is 4.91. The monoisotopic (exact) mass is 290 g/mol. The Morgan fingerprint density at radius 1 is 1.25 bits per heavy atom. The molecule has 1 N–H and O–H groups in total. The molecule has 6 heteroatoms. The molecule has 0 unspecified atom stereocenters. The van der Waals surface area contributed by atoms with Gasteiger partial charge >= 0.3 is 0 Å². The summed E-state index contributed by atoms with van der Waals surface area (Å²) in [7, 11) is 2.03. The molecule has 0 saturated carbocycles. The fourth-order valence-electron chi connectivity index (χ4n) is 2.23. The number of fused-ring (bicyclic) bond motifs is 1. The fourth-order valence-corrected chi connectivity index (χ4v) is 3.02. The molecule has 0 spiro atoms. The number of benzene rings is 1. The van der Waals surface area contributed by atoms with Crippen molar-refractivity contribution in [1.29, 1.82) is 0 Å². The van der Waals surface area contributed by atoms with Crippen LogP contribution in [0.15, 0.2) is 24.3 Å². The fraction of sp³-hybridized carbons (Fsp3) is 0.286. The van der Waals surface area contributed by atoms with Crippen molar-refractivity contribution in [2.45, 2.75) is 20.0 Å². The average Bonchev–Trinajstić information content (AvgIpc) is 2.94. The molecular weight excluding hydrogens is 275 g/mol. The van der Waals surface area contributed by atoms with Crippen LogP contribution < -0.4 is 0 Å². The van der Waals surface area contributed by atoms with Crippen molar-refractivity contribution in [3.8, 4) is 0 Å². The summed E-state index contributed by atoms with van der Waals surface area (Å²) in [6.07, 6.45) is 0. The molecule has 0 aliphatic heterocycles. The van der Waals surface area contributed by atoms with Crippen LogP contribution in [0.2, 0.25) is 0 Å². The molecule has 0 amide bonds. The number of H-pyrrole nitrogens is 1. The van der Waals surface area contributed by atoms with Crippen molar-refractivity contribution in [1.82, 2.24) is 20.1 Å². The van der Waals surface area contributed by atoms with E-state index < -0.39 is 0 Å². The molecule has 0 atom stereocenters. The highest BCUT2D eigenvalue weighted by Gasteiger charge is 2.08. The SMILES string of the molecule is Cc1nnc(CN(C)Cc2cc3cc(F)ccc3[nH]2)s1. The number of aromatic amines is 1. The van der Waals surface area contributed by atoms with Gasteiger partial charge in [0.25, 0.3) is 0 Å². The number of hydrogen-bond acceptors (Lipinski definition) is 4. The maximum Gasteiger partial charge on any atom is 0.131 e. The molecule has 0 fully saturated rings. The quantitative estimate of drug-likeness (QED) is 0.803. The van der Waals surface area contributed by atoms with E-state index in [1.165, 1.54) is 6.07 Å². The van der Waals surface area contributed by atoms with E-state index >= 15 is 0 Å². The Balaban J connectivity index is 1.72. The van der Waals surface area contributed by atoms with Crippen LogP contribution in [0.25, 0.3) is 10.9 Å². The lowest BCUT2D eigenvalue weighted by Crippen LogP contribution is -2.17. The van der Waals surface area contributed by atoms with E-state index in [1.807, 2.05) is 20.0 Å². The maximum absolute atomic E-state index is 13.2. The third kappa shape index (κ3) is 2.86. The van der Waals surface area contributed by atoms with Crippen LogP contribution in [0.5, 0.6) is 0 Å². The number of hydrogen-bond donors (Lipinski definition) is 1. The first-order chi connectivity index (χ1) is 9.60. The molecule has 0 radical (unpaired) electrons. The Hall–Kier alpha value is -1.79. The van der Waals surface area contributed by atoms with Gasteiger partial charge in [-0.3, -0.25) is 4.90 Å². The summed E-state index contributed by atoms with van der Waals surface area (Å²) in [5, 5.41) is 11.0. The lowest BCUT2D eigenvalue weighted by Gasteiger charge is -2.13. The molecule has 2 heterocycles. The van der Waals surface area contributed by atoms with Crippen LogP contribution in [0.1, 0.15) is 15.7 Å². The van der Waals surface area contributed by atoms with Gasteiger partial charge in [-0.1, -0.05) is 0 Å². The predicted octanol–water partition coefficient (Wildman–Crippen LogP) is 3.10. The highest BCUT2D eigenvalue weighted by atomic mass is 32.1. The highest BCUT2D eigenvalue weighted by Crippen LogP contribution is 2.18. The van der Waals surface area contributed by atoms with E-state index in [0.29, 0.717) is 0 Å². The molecule has 0 saturated heterocycles. The van der Waals surface area contributed by atoms with Gasteiger partial charge in [-0.05, 0) is 38.2 Å². The topological polar surface area (TPSA) is 44.8 Å². The van der Waals surface area contributed by atoms with Crippen LogP contribution in [0.3, 0.4) is 0 Å². The third-order valence-electron chi connectivity index (χ3n) is 3.05. The van der Waals surface area contributed by atoms with Gasteiger partial charge in [0, 0.05) is 23.1 Å². The molecule has 3 rings (SSSR count). The van der Waals surface area contributed by atoms with Gasteiger partial charge in [-0.2, -0.15) is 0 Å². The molecule has 20 heavy (non-hydrogen) atoms. The second kappa shape index (κ2) is 5.30. The summed E-state index contributed by atoms with van der Waals surface area (Å²) in [6.45, 7) is 3.47. The largest absolute Gasteiger partial charge is 0.357 e. The zero-order valence-electron chi connectivity index (χ0n) is 11.4. The van der Waals surface area contributed by atoms with Gasteiger partial charge in [0.05, 0.1) is 6.54 Å². The van der Waals surface area contributed by atoms with E-state index in [2.05, 4.69) is 20.1 Å². The molecule has 2 aromatic heterocycles. The van der Waals surface area contributed by atoms with Crippen LogP contribution in [0, 0.1) is 12.7 Å². The molecule has 0 bridgehead atoms. The lowest BCUT2D eigenvalue weighted by atomic mass is 10.2. The molecule has 3 aromatic rings. The van der Waals surface area contributed by atoms with Gasteiger partial charge in [0.2, 0.25) is 0 Å². The maximum atomic E-state index is 13.2. The Kier molecular flexibility index (Phi) is 3.50. The number of halogens is 1. The lowest BCUT2D eigenvalue weighted by molar-refractivity contribution is 0.314. The molecule has 4 nitrogen and oxygen atoms in total. The first kappa shape index (κ1) is 13.2. The molecule has 104 valence electrons. The Bertz CT molecular complexity index is 734. The van der Waals surface area contributed by atoms with Crippen molar-refractivity contribution >= 4 is 22.2 Å². The number of aromatic nitrogens is 3. The number of aryl methyl sites for hydroxylation is 1. The van der Waals surface area contributed by atoms with Gasteiger partial charge in [0.1, 0.15) is 15.8 Å². The summed E-state index contributed by atoms with van der Waals surface area (Å²) in [4.78, 5) is 5.46. The Morgan fingerprint density at radius 2 is 2.10 bits per heavy atom. The zero-order chi connectivity index (χ0) is 14.1. The third-order valence-corrected chi connectivity index (χ3v) is 3.88. The van der Waals surface area contributed by atoms with Gasteiger partial charge in [0.15, 0.2) is 0 Å². The first-order valence-electron chi connectivity index (χ1n) is 6.35. The van der Waals surface area contributed by atoms with Crippen LogP contribution in [-0.2, 0) is 13.1 Å². The zero-order valence-corrected chi connectivity index (χ0v) is 12.2. The Labute approximate surface area is 120 Å². The van der Waals surface area contributed by atoms with E-state index in [-0.39, 0.29) is 5.82 Å².